The molecule has 38 heavy (non-hydrogen) atoms. The van der Waals surface area contributed by atoms with Gasteiger partial charge in [-0.15, -0.1) is 0 Å². The number of rotatable bonds is 5. The number of fused-ring (bicyclic) bond motifs is 1. The molecule has 3 heterocycles. The Bertz CT molecular complexity index is 1390. The van der Waals surface area contributed by atoms with Crippen molar-refractivity contribution >= 4 is 17.0 Å². The molecule has 0 bridgehead atoms. The number of phenolic OH excluding ortho intramolecular Hbond substituents is 1. The second-order valence-electron chi connectivity index (χ2n) is 11.0. The number of nitrogens with zero attached hydrogens (tertiary/aromatic N) is 4. The van der Waals surface area contributed by atoms with E-state index in [1.165, 1.54) is 17.0 Å². The average Bonchev–Trinajstić information content (AvgIpc) is 3.29. The summed E-state index contributed by atoms with van der Waals surface area (Å²) in [4.78, 5) is 13.9. The summed E-state index contributed by atoms with van der Waals surface area (Å²) in [5.41, 5.74) is 0.471. The van der Waals surface area contributed by atoms with Crippen molar-refractivity contribution < 1.29 is 28.5 Å². The molecule has 5 rings (SSSR count). The van der Waals surface area contributed by atoms with E-state index in [2.05, 4.69) is 11.2 Å². The highest BCUT2D eigenvalue weighted by molar-refractivity contribution is 5.90. The largest absolute Gasteiger partial charge is 0.505 e. The van der Waals surface area contributed by atoms with E-state index < -0.39 is 28.7 Å². The molecule has 1 aromatic heterocycles. The second kappa shape index (κ2) is 9.80. The number of carbonyl (C=O) groups is 1. The maximum absolute atomic E-state index is 14.2. The number of aromatic hydroxyl groups is 1. The summed E-state index contributed by atoms with van der Waals surface area (Å²) in [5, 5.41) is 24.9. The molecule has 0 saturated carbocycles. The van der Waals surface area contributed by atoms with E-state index in [0.29, 0.717) is 23.5 Å². The van der Waals surface area contributed by atoms with Gasteiger partial charge in [0.25, 0.3) is 0 Å². The Morgan fingerprint density at radius 2 is 2.05 bits per heavy atom. The number of ether oxygens (including phenoxy) is 3. The van der Waals surface area contributed by atoms with E-state index in [0.717, 1.165) is 30.2 Å². The third-order valence-electron chi connectivity index (χ3n) is 6.77. The van der Waals surface area contributed by atoms with Crippen LogP contribution in [0.3, 0.4) is 0 Å². The first-order chi connectivity index (χ1) is 18.1. The molecule has 2 aliphatic rings. The van der Waals surface area contributed by atoms with E-state index in [9.17, 15) is 19.6 Å². The van der Waals surface area contributed by atoms with Crippen molar-refractivity contribution in [2.24, 2.45) is 5.41 Å². The lowest BCUT2D eigenvalue weighted by Crippen LogP contribution is -2.61. The summed E-state index contributed by atoms with van der Waals surface area (Å²) < 4.78 is 33.6. The zero-order valence-electron chi connectivity index (χ0n) is 21.7. The SMILES string of the molecule is CC(C)(C)OC(=O)N1CC(C#N)(COc2cc(-c3ccc(O)c(F)c3)cc3c2cnn3C2CCCCO2)C1. The van der Waals surface area contributed by atoms with Crippen LogP contribution in [0.1, 0.15) is 46.3 Å². The summed E-state index contributed by atoms with van der Waals surface area (Å²) in [6.45, 7) is 6.47. The summed E-state index contributed by atoms with van der Waals surface area (Å²) in [7, 11) is 0. The Labute approximate surface area is 220 Å². The van der Waals surface area contributed by atoms with Gasteiger partial charge >= 0.3 is 6.09 Å². The maximum Gasteiger partial charge on any atom is 0.410 e. The van der Waals surface area contributed by atoms with Gasteiger partial charge in [-0.3, -0.25) is 0 Å². The number of carbonyl (C=O) groups excluding carboxylic acids is 1. The van der Waals surface area contributed by atoms with E-state index >= 15 is 0 Å². The highest BCUT2D eigenvalue weighted by Gasteiger charge is 2.48. The Morgan fingerprint density at radius 1 is 1.26 bits per heavy atom. The van der Waals surface area contributed by atoms with E-state index in [4.69, 9.17) is 14.2 Å². The van der Waals surface area contributed by atoms with E-state index in [-0.39, 0.29) is 25.9 Å². The molecule has 2 aliphatic heterocycles. The van der Waals surface area contributed by atoms with Gasteiger partial charge in [-0.2, -0.15) is 10.4 Å². The number of aromatic nitrogens is 2. The van der Waals surface area contributed by atoms with Gasteiger partial charge in [-0.1, -0.05) is 6.07 Å². The van der Waals surface area contributed by atoms with Crippen LogP contribution in [-0.4, -0.2) is 57.8 Å². The fourth-order valence-electron chi connectivity index (χ4n) is 4.78. The van der Waals surface area contributed by atoms with Crippen LogP contribution in [-0.2, 0) is 9.47 Å². The maximum atomic E-state index is 14.2. The van der Waals surface area contributed by atoms with Gasteiger partial charge in [0.1, 0.15) is 23.4 Å². The third kappa shape index (κ3) is 5.11. The number of halogens is 1. The second-order valence-corrected chi connectivity index (χ2v) is 11.0. The Kier molecular flexibility index (Phi) is 6.65. The normalized spacial score (nSPS) is 19.0. The van der Waals surface area contributed by atoms with Crippen LogP contribution in [0.5, 0.6) is 11.5 Å². The van der Waals surface area contributed by atoms with Crippen molar-refractivity contribution in [2.45, 2.75) is 51.9 Å². The Hall–Kier alpha value is -3.84. The molecule has 200 valence electrons. The molecule has 2 fully saturated rings. The molecule has 0 radical (unpaired) electrons. The lowest BCUT2D eigenvalue weighted by Gasteiger charge is -2.45. The van der Waals surface area contributed by atoms with E-state index in [1.54, 1.807) is 39.1 Å². The molecule has 10 heteroatoms. The molecule has 1 N–H and O–H groups in total. The number of amides is 1. The van der Waals surface area contributed by atoms with Gasteiger partial charge in [-0.25, -0.2) is 13.9 Å². The number of phenols is 1. The van der Waals surface area contributed by atoms with Crippen LogP contribution >= 0.6 is 0 Å². The molecule has 2 saturated heterocycles. The Morgan fingerprint density at radius 3 is 2.71 bits per heavy atom. The number of hydrogen-bond donors (Lipinski definition) is 1. The fourth-order valence-corrected chi connectivity index (χ4v) is 4.78. The van der Waals surface area contributed by atoms with Gasteiger partial charge in [-0.05, 0) is 75.4 Å². The van der Waals surface area contributed by atoms with Gasteiger partial charge in [0.05, 0.1) is 23.2 Å². The molecule has 2 aromatic carbocycles. The first kappa shape index (κ1) is 25.8. The van der Waals surface area contributed by atoms with Crippen LogP contribution in [0.25, 0.3) is 22.0 Å². The fraction of sp³-hybridized carbons (Fsp3) is 0.464. The van der Waals surface area contributed by atoms with Crippen LogP contribution < -0.4 is 4.74 Å². The third-order valence-corrected chi connectivity index (χ3v) is 6.77. The van der Waals surface area contributed by atoms with Crippen molar-refractivity contribution in [1.29, 1.82) is 5.26 Å². The number of hydrogen-bond acceptors (Lipinski definition) is 7. The van der Waals surface area contributed by atoms with Crippen molar-refractivity contribution in [2.75, 3.05) is 26.3 Å². The lowest BCUT2D eigenvalue weighted by atomic mass is 9.82. The molecular formula is C28H31FN4O5. The summed E-state index contributed by atoms with van der Waals surface area (Å²) in [5.74, 6) is -0.671. The predicted octanol–water partition coefficient (Wildman–Crippen LogP) is 5.39. The van der Waals surface area contributed by atoms with E-state index in [1.807, 2.05) is 10.7 Å². The molecule has 9 nitrogen and oxygen atoms in total. The molecule has 3 aromatic rings. The summed E-state index contributed by atoms with van der Waals surface area (Å²) in [6, 6.07) is 10.2. The summed E-state index contributed by atoms with van der Waals surface area (Å²) >= 11 is 0. The van der Waals surface area contributed by atoms with Gasteiger partial charge in [0.2, 0.25) is 0 Å². The highest BCUT2D eigenvalue weighted by atomic mass is 19.1. The summed E-state index contributed by atoms with van der Waals surface area (Å²) in [6.07, 6.45) is 3.87. The first-order valence-corrected chi connectivity index (χ1v) is 12.7. The monoisotopic (exact) mass is 522 g/mol. The van der Waals surface area contributed by atoms with Crippen molar-refractivity contribution in [3.05, 3.63) is 42.3 Å². The van der Waals surface area contributed by atoms with Crippen LogP contribution in [0, 0.1) is 22.6 Å². The van der Waals surface area contributed by atoms with Gasteiger partial charge in [0.15, 0.2) is 17.8 Å². The first-order valence-electron chi connectivity index (χ1n) is 12.7. The van der Waals surface area contributed by atoms with Gasteiger partial charge in [0, 0.05) is 19.7 Å². The number of benzene rings is 2. The standard InChI is InChI=1S/C28H31FN4O5/c1-27(2,3)38-26(35)32-15-28(14-30,16-32)17-37-24-12-19(18-7-8-23(34)21(29)10-18)11-22-20(24)13-31-33(22)25-6-4-5-9-36-25/h7-8,10-13,25,34H,4-6,9,15-17H2,1-3H3. The molecule has 0 aliphatic carbocycles. The predicted molar refractivity (Wildman–Crippen MR) is 137 cm³/mol. The quantitative estimate of drug-likeness (QED) is 0.479. The molecule has 1 amide bonds. The van der Waals surface area contributed by atoms with Crippen molar-refractivity contribution in [3.8, 4) is 28.7 Å². The van der Waals surface area contributed by atoms with Crippen LogP contribution in [0.4, 0.5) is 9.18 Å². The lowest BCUT2D eigenvalue weighted by molar-refractivity contribution is -0.0366. The highest BCUT2D eigenvalue weighted by Crippen LogP contribution is 2.38. The van der Waals surface area contributed by atoms with Gasteiger partial charge < -0.3 is 24.2 Å². The molecule has 1 atom stereocenters. The smallest absolute Gasteiger partial charge is 0.410 e. The minimum absolute atomic E-state index is 0.0520. The minimum Gasteiger partial charge on any atom is -0.505 e. The Balaban J connectivity index is 1.44. The minimum atomic E-state index is -0.883. The molecule has 1 unspecified atom stereocenters. The molecule has 0 spiro atoms. The topological polar surface area (TPSA) is 110 Å². The van der Waals surface area contributed by atoms with Crippen LogP contribution in [0.15, 0.2) is 36.5 Å². The van der Waals surface area contributed by atoms with Crippen molar-refractivity contribution in [1.82, 2.24) is 14.7 Å². The number of likely N-dealkylation sites (tertiary alicyclic amines) is 1. The average molecular weight is 523 g/mol. The zero-order valence-corrected chi connectivity index (χ0v) is 21.7. The molecular weight excluding hydrogens is 491 g/mol. The number of nitriles is 1. The van der Waals surface area contributed by atoms with Crippen LogP contribution in [0.2, 0.25) is 0 Å². The van der Waals surface area contributed by atoms with Crippen molar-refractivity contribution in [3.63, 3.8) is 0 Å². The zero-order chi connectivity index (χ0) is 27.1.